The average molecular weight is 427 g/mol. The Hall–Kier alpha value is -3.21. The van der Waals surface area contributed by atoms with Gasteiger partial charge in [-0.05, 0) is 31.2 Å². The highest BCUT2D eigenvalue weighted by Crippen LogP contribution is 2.31. The molecule has 2 aromatic carbocycles. The Labute approximate surface area is 190 Å². The number of carbonyl (C=O) groups excluding carboxylic acids is 1. The van der Waals surface area contributed by atoms with Crippen LogP contribution in [0, 0.1) is 0 Å². The van der Waals surface area contributed by atoms with Crippen molar-refractivity contribution in [3.05, 3.63) is 77.5 Å². The van der Waals surface area contributed by atoms with Gasteiger partial charge >= 0.3 is 0 Å². The van der Waals surface area contributed by atoms with E-state index in [0.717, 1.165) is 60.9 Å². The van der Waals surface area contributed by atoms with Gasteiger partial charge in [-0.2, -0.15) is 0 Å². The van der Waals surface area contributed by atoms with Crippen LogP contribution in [-0.4, -0.2) is 40.4 Å². The van der Waals surface area contributed by atoms with Crippen molar-refractivity contribution < 1.29 is 4.79 Å². The zero-order valence-corrected chi connectivity index (χ0v) is 18.5. The van der Waals surface area contributed by atoms with Gasteiger partial charge in [0.05, 0.1) is 12.2 Å². The highest BCUT2D eigenvalue weighted by Gasteiger charge is 2.28. The highest BCUT2D eigenvalue weighted by molar-refractivity contribution is 5.77. The van der Waals surface area contributed by atoms with Crippen LogP contribution in [0.5, 0.6) is 0 Å². The predicted molar refractivity (Wildman–Crippen MR) is 127 cm³/mol. The van der Waals surface area contributed by atoms with Gasteiger partial charge in [-0.25, -0.2) is 9.97 Å². The van der Waals surface area contributed by atoms with E-state index in [-0.39, 0.29) is 5.91 Å². The summed E-state index contributed by atoms with van der Waals surface area (Å²) >= 11 is 0. The molecule has 0 bridgehead atoms. The monoisotopic (exact) mass is 426 g/mol. The van der Waals surface area contributed by atoms with Crippen LogP contribution >= 0.6 is 0 Å². The van der Waals surface area contributed by atoms with Gasteiger partial charge < -0.3 is 9.80 Å². The van der Waals surface area contributed by atoms with Gasteiger partial charge in [0.1, 0.15) is 5.82 Å². The van der Waals surface area contributed by atoms with E-state index in [0.29, 0.717) is 13.0 Å². The van der Waals surface area contributed by atoms with Crippen molar-refractivity contribution >= 4 is 11.7 Å². The number of aromatic nitrogens is 2. The molecule has 3 aromatic rings. The summed E-state index contributed by atoms with van der Waals surface area (Å²) in [6.45, 7) is 3.40. The number of aryl methyl sites for hydroxylation is 1. The Morgan fingerprint density at radius 2 is 1.56 bits per heavy atom. The van der Waals surface area contributed by atoms with Crippen LogP contribution in [0.1, 0.15) is 42.5 Å². The quantitative estimate of drug-likeness (QED) is 0.596. The summed E-state index contributed by atoms with van der Waals surface area (Å²) in [5, 5.41) is 0. The summed E-state index contributed by atoms with van der Waals surface area (Å²) in [4.78, 5) is 27.4. The predicted octanol–water partition coefficient (Wildman–Crippen LogP) is 4.65. The van der Waals surface area contributed by atoms with Crippen LogP contribution in [-0.2, 0) is 24.2 Å². The van der Waals surface area contributed by atoms with Gasteiger partial charge in [-0.15, -0.1) is 0 Å². The number of piperidine rings is 1. The van der Waals surface area contributed by atoms with Crippen LogP contribution in [0.4, 0.5) is 5.82 Å². The van der Waals surface area contributed by atoms with Gasteiger partial charge in [-0.1, -0.05) is 60.7 Å². The zero-order valence-electron chi connectivity index (χ0n) is 18.5. The second kappa shape index (κ2) is 9.51. The number of amides is 1. The molecule has 32 heavy (non-hydrogen) atoms. The second-order valence-electron chi connectivity index (χ2n) is 8.76. The molecule has 1 fully saturated rings. The Morgan fingerprint density at radius 1 is 0.844 bits per heavy atom. The molecule has 0 unspecified atom stereocenters. The van der Waals surface area contributed by atoms with E-state index in [1.54, 1.807) is 0 Å². The normalized spacial score (nSPS) is 16.0. The molecule has 5 nitrogen and oxygen atoms in total. The molecule has 0 saturated carbocycles. The third kappa shape index (κ3) is 4.52. The van der Waals surface area contributed by atoms with Crippen molar-refractivity contribution in [2.45, 2.75) is 45.1 Å². The number of anilines is 1. The van der Waals surface area contributed by atoms with Gasteiger partial charge in [0.15, 0.2) is 5.82 Å². The summed E-state index contributed by atoms with van der Waals surface area (Å²) in [7, 11) is 0. The fourth-order valence-corrected chi connectivity index (χ4v) is 4.75. The Bertz CT molecular complexity index is 1060. The number of fused-ring (bicyclic) bond motifs is 1. The molecule has 0 aliphatic carbocycles. The number of hydrogen-bond acceptors (Lipinski definition) is 4. The fourth-order valence-electron chi connectivity index (χ4n) is 4.75. The first-order valence-electron chi connectivity index (χ1n) is 11.8. The van der Waals surface area contributed by atoms with E-state index in [9.17, 15) is 4.79 Å². The molecule has 5 heteroatoms. The lowest BCUT2D eigenvalue weighted by Crippen LogP contribution is -2.39. The van der Waals surface area contributed by atoms with E-state index in [2.05, 4.69) is 29.2 Å². The largest absolute Gasteiger partial charge is 0.356 e. The molecule has 0 atom stereocenters. The maximum Gasteiger partial charge on any atom is 0.223 e. The molecule has 164 valence electrons. The summed E-state index contributed by atoms with van der Waals surface area (Å²) < 4.78 is 0. The van der Waals surface area contributed by atoms with Crippen LogP contribution in [0.2, 0.25) is 0 Å². The standard InChI is InChI=1S/C27H30N4O/c32-25(15-14-21-10-4-1-5-11-21)31-19-16-24-23(20-31)27(30-17-8-3-9-18-30)29-26(28-24)22-12-6-2-7-13-22/h1-2,4-7,10-13H,3,8-9,14-20H2. The molecule has 1 saturated heterocycles. The van der Waals surface area contributed by atoms with E-state index < -0.39 is 0 Å². The van der Waals surface area contributed by atoms with Crippen molar-refractivity contribution in [1.29, 1.82) is 0 Å². The third-order valence-electron chi connectivity index (χ3n) is 6.55. The van der Waals surface area contributed by atoms with Gasteiger partial charge in [0.25, 0.3) is 0 Å². The van der Waals surface area contributed by atoms with Crippen LogP contribution in [0.3, 0.4) is 0 Å². The van der Waals surface area contributed by atoms with Gasteiger partial charge in [0.2, 0.25) is 5.91 Å². The summed E-state index contributed by atoms with van der Waals surface area (Å²) in [6.07, 6.45) is 5.78. The maximum atomic E-state index is 13.0. The highest BCUT2D eigenvalue weighted by atomic mass is 16.2. The lowest BCUT2D eigenvalue weighted by Gasteiger charge is -2.34. The lowest BCUT2D eigenvalue weighted by atomic mass is 10.0. The molecule has 0 spiro atoms. The van der Waals surface area contributed by atoms with Crippen molar-refractivity contribution in [3.63, 3.8) is 0 Å². The minimum atomic E-state index is 0.219. The minimum absolute atomic E-state index is 0.219. The Morgan fingerprint density at radius 3 is 2.31 bits per heavy atom. The zero-order chi connectivity index (χ0) is 21.8. The second-order valence-corrected chi connectivity index (χ2v) is 8.76. The number of hydrogen-bond donors (Lipinski definition) is 0. The van der Waals surface area contributed by atoms with Crippen LogP contribution in [0.15, 0.2) is 60.7 Å². The van der Waals surface area contributed by atoms with Crippen LogP contribution in [0.25, 0.3) is 11.4 Å². The van der Waals surface area contributed by atoms with Crippen molar-refractivity contribution in [2.24, 2.45) is 0 Å². The Kier molecular flexibility index (Phi) is 6.15. The fraction of sp³-hybridized carbons (Fsp3) is 0.370. The summed E-state index contributed by atoms with van der Waals surface area (Å²) in [5.41, 5.74) is 4.51. The molecule has 3 heterocycles. The number of nitrogens with zero attached hydrogens (tertiary/aromatic N) is 4. The average Bonchev–Trinajstić information content (AvgIpc) is 2.88. The first-order valence-corrected chi connectivity index (χ1v) is 11.8. The summed E-state index contributed by atoms with van der Waals surface area (Å²) in [5.74, 6) is 2.05. The number of carbonyl (C=O) groups is 1. The smallest absolute Gasteiger partial charge is 0.223 e. The van der Waals surface area contributed by atoms with E-state index >= 15 is 0 Å². The number of benzene rings is 2. The molecule has 0 N–H and O–H groups in total. The molecule has 2 aliphatic heterocycles. The number of rotatable bonds is 5. The van der Waals surface area contributed by atoms with E-state index in [4.69, 9.17) is 9.97 Å². The molecule has 1 aromatic heterocycles. The van der Waals surface area contributed by atoms with Gasteiger partial charge in [0, 0.05) is 43.6 Å². The molecule has 1 amide bonds. The minimum Gasteiger partial charge on any atom is -0.356 e. The first kappa shape index (κ1) is 20.7. The molecular formula is C27H30N4O. The Balaban J connectivity index is 1.40. The van der Waals surface area contributed by atoms with Crippen molar-refractivity contribution in [1.82, 2.24) is 14.9 Å². The molecule has 2 aliphatic rings. The topological polar surface area (TPSA) is 49.3 Å². The van der Waals surface area contributed by atoms with E-state index in [1.165, 1.54) is 24.8 Å². The molecular weight excluding hydrogens is 396 g/mol. The van der Waals surface area contributed by atoms with Crippen molar-refractivity contribution in [2.75, 3.05) is 24.5 Å². The third-order valence-corrected chi connectivity index (χ3v) is 6.55. The summed E-state index contributed by atoms with van der Waals surface area (Å²) in [6, 6.07) is 20.5. The first-order chi connectivity index (χ1) is 15.8. The molecule has 5 rings (SSSR count). The van der Waals surface area contributed by atoms with E-state index in [1.807, 2.05) is 41.3 Å². The lowest BCUT2D eigenvalue weighted by molar-refractivity contribution is -0.132. The maximum absolute atomic E-state index is 13.0. The van der Waals surface area contributed by atoms with Gasteiger partial charge in [-0.3, -0.25) is 4.79 Å². The van der Waals surface area contributed by atoms with Crippen molar-refractivity contribution in [3.8, 4) is 11.4 Å². The molecule has 0 radical (unpaired) electrons. The van der Waals surface area contributed by atoms with Crippen LogP contribution < -0.4 is 4.90 Å². The SMILES string of the molecule is O=C(CCc1ccccc1)N1CCc2nc(-c3ccccc3)nc(N3CCCCC3)c2C1.